The minimum Gasteiger partial charge on any atom is -0.473 e. The Morgan fingerprint density at radius 3 is 3.10 bits per heavy atom. The van der Waals surface area contributed by atoms with Crippen molar-refractivity contribution in [2.45, 2.75) is 19.4 Å². The standard InChI is InChI=1S/C13H14N4O2S2/c1-8-16-17-13(21-8)15-11(18)10-3-2-5-14-12(10)19-9-4-6-20-7-9/h2-3,5,9H,4,6-7H2,1H3,(H,15,17,18). The molecule has 1 aliphatic rings. The van der Waals surface area contributed by atoms with Gasteiger partial charge in [0.05, 0.1) is 0 Å². The van der Waals surface area contributed by atoms with Gasteiger partial charge in [0.1, 0.15) is 16.7 Å². The summed E-state index contributed by atoms with van der Waals surface area (Å²) >= 11 is 3.18. The van der Waals surface area contributed by atoms with Crippen LogP contribution in [0, 0.1) is 6.92 Å². The van der Waals surface area contributed by atoms with Crippen molar-refractivity contribution < 1.29 is 9.53 Å². The van der Waals surface area contributed by atoms with Crippen molar-refractivity contribution in [2.24, 2.45) is 0 Å². The van der Waals surface area contributed by atoms with Crippen LogP contribution in [-0.2, 0) is 0 Å². The summed E-state index contributed by atoms with van der Waals surface area (Å²) in [5.41, 5.74) is 0.419. The maximum Gasteiger partial charge on any atom is 0.262 e. The highest BCUT2D eigenvalue weighted by molar-refractivity contribution is 7.99. The lowest BCUT2D eigenvalue weighted by Crippen LogP contribution is -2.20. The van der Waals surface area contributed by atoms with E-state index in [0.29, 0.717) is 16.6 Å². The first-order chi connectivity index (χ1) is 10.2. The van der Waals surface area contributed by atoms with Crippen molar-refractivity contribution >= 4 is 34.1 Å². The first-order valence-electron chi connectivity index (χ1n) is 6.53. The second-order valence-electron chi connectivity index (χ2n) is 4.54. The summed E-state index contributed by atoms with van der Waals surface area (Å²) < 4.78 is 5.85. The molecule has 0 aromatic carbocycles. The summed E-state index contributed by atoms with van der Waals surface area (Å²) in [6.07, 6.45) is 2.74. The van der Waals surface area contributed by atoms with Crippen LogP contribution >= 0.6 is 23.1 Å². The number of carbonyl (C=O) groups excluding carboxylic acids is 1. The number of hydrogen-bond donors (Lipinski definition) is 1. The van der Waals surface area contributed by atoms with Gasteiger partial charge in [0.2, 0.25) is 11.0 Å². The highest BCUT2D eigenvalue weighted by atomic mass is 32.2. The molecule has 0 saturated carbocycles. The largest absolute Gasteiger partial charge is 0.473 e. The van der Waals surface area contributed by atoms with E-state index in [4.69, 9.17) is 4.74 Å². The molecule has 0 aliphatic carbocycles. The lowest BCUT2D eigenvalue weighted by molar-refractivity contribution is 0.101. The predicted molar refractivity (Wildman–Crippen MR) is 83.2 cm³/mol. The zero-order chi connectivity index (χ0) is 14.7. The average Bonchev–Trinajstić information content (AvgIpc) is 3.11. The molecule has 2 aromatic rings. The highest BCUT2D eigenvalue weighted by Crippen LogP contribution is 2.25. The van der Waals surface area contributed by atoms with E-state index in [-0.39, 0.29) is 12.0 Å². The van der Waals surface area contributed by atoms with Gasteiger partial charge in [-0.3, -0.25) is 10.1 Å². The molecule has 21 heavy (non-hydrogen) atoms. The molecule has 3 rings (SSSR count). The maximum atomic E-state index is 12.3. The van der Waals surface area contributed by atoms with Crippen molar-refractivity contribution in [3.8, 4) is 5.88 Å². The van der Waals surface area contributed by atoms with Gasteiger partial charge in [-0.25, -0.2) is 4.98 Å². The number of aromatic nitrogens is 3. The van der Waals surface area contributed by atoms with Gasteiger partial charge in [-0.2, -0.15) is 11.8 Å². The Balaban J connectivity index is 1.75. The zero-order valence-corrected chi connectivity index (χ0v) is 13.0. The molecule has 110 valence electrons. The summed E-state index contributed by atoms with van der Waals surface area (Å²) in [6.45, 7) is 1.84. The molecule has 1 saturated heterocycles. The summed E-state index contributed by atoms with van der Waals surface area (Å²) in [6, 6.07) is 3.42. The lowest BCUT2D eigenvalue weighted by Gasteiger charge is -2.14. The van der Waals surface area contributed by atoms with E-state index < -0.39 is 0 Å². The molecule has 0 spiro atoms. The third kappa shape index (κ3) is 3.51. The van der Waals surface area contributed by atoms with E-state index in [0.717, 1.165) is 22.9 Å². The lowest BCUT2D eigenvalue weighted by atomic mass is 10.2. The van der Waals surface area contributed by atoms with Gasteiger partial charge < -0.3 is 4.74 Å². The molecule has 3 heterocycles. The second-order valence-corrected chi connectivity index (χ2v) is 6.87. The van der Waals surface area contributed by atoms with Crippen LogP contribution in [0.15, 0.2) is 18.3 Å². The smallest absolute Gasteiger partial charge is 0.262 e. The minimum absolute atomic E-state index is 0.125. The molecule has 1 N–H and O–H groups in total. The Morgan fingerprint density at radius 1 is 1.48 bits per heavy atom. The third-order valence-electron chi connectivity index (χ3n) is 2.93. The van der Waals surface area contributed by atoms with E-state index in [1.807, 2.05) is 18.7 Å². The molecule has 1 fully saturated rings. The summed E-state index contributed by atoms with van der Waals surface area (Å²) in [5.74, 6) is 2.12. The molecule has 1 aliphatic heterocycles. The van der Waals surface area contributed by atoms with Gasteiger partial charge in [-0.1, -0.05) is 11.3 Å². The molecule has 8 heteroatoms. The van der Waals surface area contributed by atoms with Gasteiger partial charge in [0, 0.05) is 11.9 Å². The fraction of sp³-hybridized carbons (Fsp3) is 0.385. The number of nitrogens with zero attached hydrogens (tertiary/aromatic N) is 3. The van der Waals surface area contributed by atoms with E-state index in [2.05, 4.69) is 20.5 Å². The first-order valence-corrected chi connectivity index (χ1v) is 8.50. The van der Waals surface area contributed by atoms with Crippen LogP contribution in [0.5, 0.6) is 5.88 Å². The normalized spacial score (nSPS) is 17.7. The Labute approximate surface area is 130 Å². The Hall–Kier alpha value is -1.67. The van der Waals surface area contributed by atoms with Crippen LogP contribution in [0.25, 0.3) is 0 Å². The minimum atomic E-state index is -0.278. The highest BCUT2D eigenvalue weighted by Gasteiger charge is 2.21. The third-order valence-corrected chi connectivity index (χ3v) is 4.81. The van der Waals surface area contributed by atoms with Gasteiger partial charge in [-0.15, -0.1) is 10.2 Å². The van der Waals surface area contributed by atoms with E-state index >= 15 is 0 Å². The van der Waals surface area contributed by atoms with Crippen molar-refractivity contribution in [1.82, 2.24) is 15.2 Å². The Morgan fingerprint density at radius 2 is 2.38 bits per heavy atom. The van der Waals surface area contributed by atoms with Crippen molar-refractivity contribution in [2.75, 3.05) is 16.8 Å². The number of ether oxygens (including phenoxy) is 1. The fourth-order valence-electron chi connectivity index (χ4n) is 1.93. The topological polar surface area (TPSA) is 77.0 Å². The van der Waals surface area contributed by atoms with Crippen LogP contribution in [0.4, 0.5) is 5.13 Å². The second kappa shape index (κ2) is 6.40. The number of rotatable bonds is 4. The number of aryl methyl sites for hydroxylation is 1. The number of pyridine rings is 1. The fourth-order valence-corrected chi connectivity index (χ4v) is 3.61. The zero-order valence-electron chi connectivity index (χ0n) is 11.4. The molecule has 1 amide bonds. The molecule has 1 atom stereocenters. The van der Waals surface area contributed by atoms with Gasteiger partial charge in [0.15, 0.2) is 0 Å². The molecule has 6 nitrogen and oxygen atoms in total. The molecular weight excluding hydrogens is 308 g/mol. The monoisotopic (exact) mass is 322 g/mol. The SMILES string of the molecule is Cc1nnc(NC(=O)c2cccnc2OC2CCSC2)s1. The number of anilines is 1. The van der Waals surface area contributed by atoms with Gasteiger partial charge in [-0.05, 0) is 31.2 Å². The maximum absolute atomic E-state index is 12.3. The van der Waals surface area contributed by atoms with Crippen LogP contribution in [0.1, 0.15) is 21.8 Å². The van der Waals surface area contributed by atoms with Crippen LogP contribution in [-0.4, -0.2) is 38.7 Å². The molecular formula is C13H14N4O2S2. The summed E-state index contributed by atoms with van der Waals surface area (Å²) in [4.78, 5) is 16.5. The van der Waals surface area contributed by atoms with E-state index in [1.54, 1.807) is 18.3 Å². The van der Waals surface area contributed by atoms with Gasteiger partial charge >= 0.3 is 0 Å². The first kappa shape index (κ1) is 14.3. The van der Waals surface area contributed by atoms with Gasteiger partial charge in [0.25, 0.3) is 5.91 Å². The molecule has 2 aromatic heterocycles. The van der Waals surface area contributed by atoms with E-state index in [1.165, 1.54) is 11.3 Å². The number of thioether (sulfide) groups is 1. The Kier molecular flexibility index (Phi) is 4.35. The molecule has 1 unspecified atom stereocenters. The van der Waals surface area contributed by atoms with Crippen molar-refractivity contribution in [3.05, 3.63) is 28.9 Å². The summed E-state index contributed by atoms with van der Waals surface area (Å²) in [7, 11) is 0. The Bertz CT molecular complexity index is 641. The molecule has 0 radical (unpaired) electrons. The average molecular weight is 322 g/mol. The number of nitrogens with one attached hydrogen (secondary N) is 1. The van der Waals surface area contributed by atoms with Crippen molar-refractivity contribution in [1.29, 1.82) is 0 Å². The van der Waals surface area contributed by atoms with E-state index in [9.17, 15) is 4.79 Å². The molecule has 0 bridgehead atoms. The quantitative estimate of drug-likeness (QED) is 0.931. The number of hydrogen-bond acceptors (Lipinski definition) is 7. The number of carbonyl (C=O) groups is 1. The van der Waals surface area contributed by atoms with Crippen molar-refractivity contribution in [3.63, 3.8) is 0 Å². The van der Waals surface area contributed by atoms with Crippen LogP contribution < -0.4 is 10.1 Å². The number of amides is 1. The predicted octanol–water partition coefficient (Wildman–Crippen LogP) is 2.38. The van der Waals surface area contributed by atoms with Crippen LogP contribution in [0.3, 0.4) is 0 Å². The van der Waals surface area contributed by atoms with Crippen LogP contribution in [0.2, 0.25) is 0 Å². The summed E-state index contributed by atoms with van der Waals surface area (Å²) in [5, 5.41) is 11.8.